The summed E-state index contributed by atoms with van der Waals surface area (Å²) in [5.74, 6) is 0. The van der Waals surface area contributed by atoms with Crippen molar-refractivity contribution in [2.24, 2.45) is 0 Å². The van der Waals surface area contributed by atoms with Crippen molar-refractivity contribution in [3.05, 3.63) is 11.1 Å². The second-order valence-electron chi connectivity index (χ2n) is 2.67. The Morgan fingerprint density at radius 3 is 2.92 bits per heavy atom. The predicted molar refractivity (Wildman–Crippen MR) is 51.3 cm³/mol. The van der Waals surface area contributed by atoms with Crippen LogP contribution in [0.4, 0.5) is 9.93 Å². The monoisotopic (exact) mass is 201 g/mol. The van der Waals surface area contributed by atoms with Crippen LogP contribution in [-0.4, -0.2) is 30.3 Å². The van der Waals surface area contributed by atoms with Crippen LogP contribution in [0.5, 0.6) is 0 Å². The molecule has 2 N–H and O–H groups in total. The molecule has 0 unspecified atom stereocenters. The van der Waals surface area contributed by atoms with E-state index in [4.69, 9.17) is 5.11 Å². The molecular weight excluding hydrogens is 190 g/mol. The molecule has 0 aliphatic rings. The van der Waals surface area contributed by atoms with Gasteiger partial charge in [-0.25, -0.2) is 9.78 Å². The van der Waals surface area contributed by atoms with Gasteiger partial charge in [0.05, 0.1) is 12.2 Å². The van der Waals surface area contributed by atoms with Crippen LogP contribution < -0.4 is 10.2 Å². The normalized spacial score (nSPS) is 9.69. The first-order chi connectivity index (χ1) is 6.09. The SMILES string of the molecule is CN(C)c1nc(CNC(=O)O)cs1. The van der Waals surface area contributed by atoms with E-state index in [1.165, 1.54) is 11.3 Å². The highest BCUT2D eigenvalue weighted by Crippen LogP contribution is 2.17. The van der Waals surface area contributed by atoms with Crippen molar-refractivity contribution in [3.63, 3.8) is 0 Å². The number of rotatable bonds is 3. The van der Waals surface area contributed by atoms with Crippen LogP contribution in [0, 0.1) is 0 Å². The number of hydrogen-bond donors (Lipinski definition) is 2. The van der Waals surface area contributed by atoms with Crippen LogP contribution in [0.15, 0.2) is 5.38 Å². The van der Waals surface area contributed by atoms with Crippen LogP contribution in [0.1, 0.15) is 5.69 Å². The molecule has 0 fully saturated rings. The Kier molecular flexibility index (Phi) is 3.07. The van der Waals surface area contributed by atoms with Gasteiger partial charge in [0.25, 0.3) is 0 Å². The molecule has 0 bridgehead atoms. The summed E-state index contributed by atoms with van der Waals surface area (Å²) in [6.45, 7) is 0.264. The van der Waals surface area contributed by atoms with Crippen molar-refractivity contribution in [2.75, 3.05) is 19.0 Å². The Morgan fingerprint density at radius 2 is 2.46 bits per heavy atom. The van der Waals surface area contributed by atoms with Gasteiger partial charge in [0.15, 0.2) is 5.13 Å². The number of carboxylic acid groups (broad SMARTS) is 1. The quantitative estimate of drug-likeness (QED) is 0.765. The van der Waals surface area contributed by atoms with E-state index in [0.717, 1.165) is 10.8 Å². The largest absolute Gasteiger partial charge is 0.465 e. The van der Waals surface area contributed by atoms with Gasteiger partial charge in [-0.15, -0.1) is 11.3 Å². The van der Waals surface area contributed by atoms with E-state index in [2.05, 4.69) is 10.3 Å². The number of carbonyl (C=O) groups is 1. The lowest BCUT2D eigenvalue weighted by atomic mass is 10.5. The number of amides is 1. The Balaban J connectivity index is 2.54. The van der Waals surface area contributed by atoms with Gasteiger partial charge in [-0.2, -0.15) is 0 Å². The number of nitrogens with zero attached hydrogens (tertiary/aromatic N) is 2. The van der Waals surface area contributed by atoms with Crippen LogP contribution >= 0.6 is 11.3 Å². The standard InChI is InChI=1S/C7H11N3O2S/c1-10(2)6-9-5(4-13-6)3-8-7(11)12/h4,8H,3H2,1-2H3,(H,11,12). The third kappa shape index (κ3) is 2.90. The molecule has 0 radical (unpaired) electrons. The summed E-state index contributed by atoms with van der Waals surface area (Å²) in [5, 5.41) is 13.3. The number of thiazole rings is 1. The number of anilines is 1. The fraction of sp³-hybridized carbons (Fsp3) is 0.429. The van der Waals surface area contributed by atoms with E-state index in [0.29, 0.717) is 0 Å². The third-order valence-electron chi connectivity index (χ3n) is 1.34. The smallest absolute Gasteiger partial charge is 0.404 e. The summed E-state index contributed by atoms with van der Waals surface area (Å²) >= 11 is 1.49. The average Bonchev–Trinajstić information content (AvgIpc) is 2.48. The molecule has 1 aromatic rings. The van der Waals surface area contributed by atoms with Crippen molar-refractivity contribution in [2.45, 2.75) is 6.54 Å². The first-order valence-electron chi connectivity index (χ1n) is 3.68. The van der Waals surface area contributed by atoms with Gasteiger partial charge in [0.2, 0.25) is 0 Å². The summed E-state index contributed by atoms with van der Waals surface area (Å²) < 4.78 is 0. The predicted octanol–water partition coefficient (Wildman–Crippen LogP) is 0.977. The van der Waals surface area contributed by atoms with Crippen molar-refractivity contribution in [3.8, 4) is 0 Å². The molecule has 0 aliphatic heterocycles. The molecule has 1 amide bonds. The van der Waals surface area contributed by atoms with E-state index in [1.54, 1.807) is 0 Å². The Morgan fingerprint density at radius 1 is 1.77 bits per heavy atom. The molecule has 1 aromatic heterocycles. The maximum absolute atomic E-state index is 10.2. The maximum atomic E-state index is 10.2. The number of aromatic nitrogens is 1. The topological polar surface area (TPSA) is 65.5 Å². The van der Waals surface area contributed by atoms with Crippen molar-refractivity contribution in [1.82, 2.24) is 10.3 Å². The Bertz CT molecular complexity index is 298. The van der Waals surface area contributed by atoms with Crippen molar-refractivity contribution >= 4 is 22.6 Å². The molecule has 5 nitrogen and oxygen atoms in total. The summed E-state index contributed by atoms with van der Waals surface area (Å²) in [4.78, 5) is 16.3. The molecule has 0 saturated heterocycles. The zero-order chi connectivity index (χ0) is 9.84. The average molecular weight is 201 g/mol. The van der Waals surface area contributed by atoms with E-state index in [-0.39, 0.29) is 6.54 Å². The molecule has 13 heavy (non-hydrogen) atoms. The first kappa shape index (κ1) is 9.79. The van der Waals surface area contributed by atoms with Gasteiger partial charge in [-0.1, -0.05) is 0 Å². The van der Waals surface area contributed by atoms with Gasteiger partial charge in [0, 0.05) is 19.5 Å². The Hall–Kier alpha value is -1.30. The highest BCUT2D eigenvalue weighted by atomic mass is 32.1. The second-order valence-corrected chi connectivity index (χ2v) is 3.51. The van der Waals surface area contributed by atoms with E-state index in [9.17, 15) is 4.79 Å². The van der Waals surface area contributed by atoms with Crippen molar-refractivity contribution < 1.29 is 9.90 Å². The minimum atomic E-state index is -1.03. The van der Waals surface area contributed by atoms with Gasteiger partial charge < -0.3 is 15.3 Å². The van der Waals surface area contributed by atoms with Gasteiger partial charge >= 0.3 is 6.09 Å². The second kappa shape index (κ2) is 4.08. The van der Waals surface area contributed by atoms with Crippen LogP contribution in [0.2, 0.25) is 0 Å². The van der Waals surface area contributed by atoms with E-state index < -0.39 is 6.09 Å². The number of nitrogens with one attached hydrogen (secondary N) is 1. The van der Waals surface area contributed by atoms with Gasteiger partial charge in [-0.05, 0) is 0 Å². The molecule has 0 aromatic carbocycles. The molecule has 1 heterocycles. The molecule has 72 valence electrons. The maximum Gasteiger partial charge on any atom is 0.404 e. The molecule has 0 saturated carbocycles. The molecular formula is C7H11N3O2S. The van der Waals surface area contributed by atoms with Crippen molar-refractivity contribution in [1.29, 1.82) is 0 Å². The van der Waals surface area contributed by atoms with E-state index >= 15 is 0 Å². The fourth-order valence-corrected chi connectivity index (χ4v) is 1.51. The van der Waals surface area contributed by atoms with Crippen LogP contribution in [0.3, 0.4) is 0 Å². The zero-order valence-electron chi connectivity index (χ0n) is 7.44. The minimum Gasteiger partial charge on any atom is -0.465 e. The highest BCUT2D eigenvalue weighted by Gasteiger charge is 2.03. The molecule has 0 atom stereocenters. The van der Waals surface area contributed by atoms with Gasteiger partial charge in [0.1, 0.15) is 0 Å². The molecule has 6 heteroatoms. The third-order valence-corrected chi connectivity index (χ3v) is 2.40. The summed E-state index contributed by atoms with van der Waals surface area (Å²) in [5.41, 5.74) is 0.746. The lowest BCUT2D eigenvalue weighted by molar-refractivity contribution is 0.194. The van der Waals surface area contributed by atoms with Crippen LogP contribution in [0.25, 0.3) is 0 Å². The van der Waals surface area contributed by atoms with Gasteiger partial charge in [-0.3, -0.25) is 0 Å². The van der Waals surface area contributed by atoms with E-state index in [1.807, 2.05) is 24.4 Å². The molecule has 1 rings (SSSR count). The zero-order valence-corrected chi connectivity index (χ0v) is 8.26. The molecule has 0 spiro atoms. The summed E-state index contributed by atoms with van der Waals surface area (Å²) in [7, 11) is 3.79. The fourth-order valence-electron chi connectivity index (χ4n) is 0.749. The lowest BCUT2D eigenvalue weighted by Gasteiger charge is -2.05. The summed E-state index contributed by atoms with van der Waals surface area (Å²) in [6.07, 6.45) is -1.03. The van der Waals surface area contributed by atoms with Crippen LogP contribution in [-0.2, 0) is 6.54 Å². The summed E-state index contributed by atoms with van der Waals surface area (Å²) in [6, 6.07) is 0. The highest BCUT2D eigenvalue weighted by molar-refractivity contribution is 7.13. The minimum absolute atomic E-state index is 0.264. The number of hydrogen-bond acceptors (Lipinski definition) is 4. The molecule has 0 aliphatic carbocycles. The lowest BCUT2D eigenvalue weighted by Crippen LogP contribution is -2.20. The first-order valence-corrected chi connectivity index (χ1v) is 4.56. The Labute approximate surface area is 80.0 Å².